The quantitative estimate of drug-likeness (QED) is 0.875. The molecule has 0 bridgehead atoms. The molecule has 1 aliphatic carbocycles. The third kappa shape index (κ3) is 3.67. The Morgan fingerprint density at radius 3 is 2.52 bits per heavy atom. The summed E-state index contributed by atoms with van der Waals surface area (Å²) < 4.78 is 0. The van der Waals surface area contributed by atoms with Crippen molar-refractivity contribution in [1.82, 2.24) is 10.6 Å². The number of aryl methyl sites for hydroxylation is 1. The molecule has 0 spiro atoms. The molecule has 2 nitrogen and oxygen atoms in total. The van der Waals surface area contributed by atoms with E-state index in [9.17, 15) is 0 Å². The van der Waals surface area contributed by atoms with Gasteiger partial charge in [0.15, 0.2) is 0 Å². The first kappa shape index (κ1) is 15.1. The van der Waals surface area contributed by atoms with E-state index in [1.54, 1.807) is 0 Å². The standard InChI is InChI=1S/C19H30N2/c1-14-9-11-16(12-10-14)15(2)21-19-7-4-3-6-17(19)18-8-5-13-20-18/h9-12,15,17-21H,3-8,13H2,1-2H3. The highest BCUT2D eigenvalue weighted by molar-refractivity contribution is 5.23. The second-order valence-corrected chi connectivity index (χ2v) is 7.06. The minimum atomic E-state index is 0.456. The van der Waals surface area contributed by atoms with E-state index in [2.05, 4.69) is 48.7 Å². The molecule has 1 aromatic rings. The molecule has 4 unspecified atom stereocenters. The lowest BCUT2D eigenvalue weighted by Gasteiger charge is -2.38. The maximum atomic E-state index is 3.94. The number of hydrogen-bond acceptors (Lipinski definition) is 2. The number of benzene rings is 1. The van der Waals surface area contributed by atoms with Gasteiger partial charge in [-0.15, -0.1) is 0 Å². The molecule has 116 valence electrons. The number of nitrogens with one attached hydrogen (secondary N) is 2. The summed E-state index contributed by atoms with van der Waals surface area (Å²) in [4.78, 5) is 0. The van der Waals surface area contributed by atoms with Crippen LogP contribution in [0.4, 0.5) is 0 Å². The SMILES string of the molecule is Cc1ccc(C(C)NC2CCCCC2C2CCCN2)cc1. The summed E-state index contributed by atoms with van der Waals surface area (Å²) in [6.07, 6.45) is 8.29. The first-order chi connectivity index (χ1) is 10.2. The molecule has 0 aromatic heterocycles. The van der Waals surface area contributed by atoms with Gasteiger partial charge in [-0.3, -0.25) is 0 Å². The highest BCUT2D eigenvalue weighted by atomic mass is 15.0. The molecule has 2 heteroatoms. The Balaban J connectivity index is 1.64. The van der Waals surface area contributed by atoms with Gasteiger partial charge in [0.05, 0.1) is 0 Å². The first-order valence-corrected chi connectivity index (χ1v) is 8.80. The molecular formula is C19H30N2. The zero-order valence-electron chi connectivity index (χ0n) is 13.6. The Hall–Kier alpha value is -0.860. The van der Waals surface area contributed by atoms with Crippen molar-refractivity contribution in [3.05, 3.63) is 35.4 Å². The molecule has 1 aromatic carbocycles. The van der Waals surface area contributed by atoms with E-state index in [0.29, 0.717) is 12.1 Å². The van der Waals surface area contributed by atoms with Crippen molar-refractivity contribution in [1.29, 1.82) is 0 Å². The molecule has 21 heavy (non-hydrogen) atoms. The van der Waals surface area contributed by atoms with Crippen LogP contribution in [0.3, 0.4) is 0 Å². The van der Waals surface area contributed by atoms with Gasteiger partial charge < -0.3 is 10.6 Å². The van der Waals surface area contributed by atoms with Gasteiger partial charge in [0.1, 0.15) is 0 Å². The van der Waals surface area contributed by atoms with Gasteiger partial charge in [0.2, 0.25) is 0 Å². The van der Waals surface area contributed by atoms with Gasteiger partial charge in [0.25, 0.3) is 0 Å². The lowest BCUT2D eigenvalue weighted by atomic mass is 9.79. The molecule has 2 N–H and O–H groups in total. The average Bonchev–Trinajstić information content (AvgIpc) is 3.02. The fourth-order valence-corrected chi connectivity index (χ4v) is 4.20. The normalized spacial score (nSPS) is 31.2. The Morgan fingerprint density at radius 1 is 1.05 bits per heavy atom. The van der Waals surface area contributed by atoms with Crippen molar-refractivity contribution in [3.8, 4) is 0 Å². The van der Waals surface area contributed by atoms with Gasteiger partial charge in [0, 0.05) is 18.1 Å². The van der Waals surface area contributed by atoms with E-state index in [1.807, 2.05) is 0 Å². The van der Waals surface area contributed by atoms with E-state index in [0.717, 1.165) is 12.0 Å². The highest BCUT2D eigenvalue weighted by Gasteiger charge is 2.33. The van der Waals surface area contributed by atoms with Crippen LogP contribution in [0, 0.1) is 12.8 Å². The average molecular weight is 286 g/mol. The molecule has 2 fully saturated rings. The Kier molecular flexibility index (Phi) is 4.97. The Labute approximate surface area is 129 Å². The van der Waals surface area contributed by atoms with E-state index < -0.39 is 0 Å². The van der Waals surface area contributed by atoms with Crippen molar-refractivity contribution in [2.24, 2.45) is 5.92 Å². The van der Waals surface area contributed by atoms with Crippen LogP contribution in [-0.4, -0.2) is 18.6 Å². The van der Waals surface area contributed by atoms with Crippen LogP contribution in [-0.2, 0) is 0 Å². The van der Waals surface area contributed by atoms with Crippen LogP contribution in [0.25, 0.3) is 0 Å². The fourth-order valence-electron chi connectivity index (χ4n) is 4.20. The van der Waals surface area contributed by atoms with Gasteiger partial charge in [-0.05, 0) is 57.6 Å². The van der Waals surface area contributed by atoms with E-state index in [4.69, 9.17) is 0 Å². The van der Waals surface area contributed by atoms with Gasteiger partial charge in [-0.25, -0.2) is 0 Å². The molecule has 0 radical (unpaired) electrons. The topological polar surface area (TPSA) is 24.1 Å². The van der Waals surface area contributed by atoms with E-state index in [1.165, 1.54) is 56.2 Å². The van der Waals surface area contributed by atoms with Crippen molar-refractivity contribution in [2.75, 3.05) is 6.54 Å². The molecule has 4 atom stereocenters. The van der Waals surface area contributed by atoms with Crippen molar-refractivity contribution < 1.29 is 0 Å². The van der Waals surface area contributed by atoms with Crippen molar-refractivity contribution in [3.63, 3.8) is 0 Å². The maximum Gasteiger partial charge on any atom is 0.0294 e. The minimum Gasteiger partial charge on any atom is -0.314 e. The predicted molar refractivity (Wildman–Crippen MR) is 89.5 cm³/mol. The molecule has 3 rings (SSSR count). The smallest absolute Gasteiger partial charge is 0.0294 e. The molecule has 2 aliphatic rings. The molecule has 0 amide bonds. The van der Waals surface area contributed by atoms with Crippen LogP contribution >= 0.6 is 0 Å². The second kappa shape index (κ2) is 6.93. The Bertz CT molecular complexity index is 433. The summed E-state index contributed by atoms with van der Waals surface area (Å²) in [6, 6.07) is 10.9. The van der Waals surface area contributed by atoms with Crippen LogP contribution < -0.4 is 10.6 Å². The minimum absolute atomic E-state index is 0.456. The van der Waals surface area contributed by atoms with E-state index >= 15 is 0 Å². The molecule has 1 aliphatic heterocycles. The summed E-state index contributed by atoms with van der Waals surface area (Å²) >= 11 is 0. The van der Waals surface area contributed by atoms with Crippen LogP contribution in [0.5, 0.6) is 0 Å². The third-order valence-electron chi connectivity index (χ3n) is 5.48. The number of hydrogen-bond donors (Lipinski definition) is 2. The second-order valence-electron chi connectivity index (χ2n) is 7.06. The summed E-state index contributed by atoms with van der Waals surface area (Å²) in [5, 5.41) is 7.68. The summed E-state index contributed by atoms with van der Waals surface area (Å²) in [5.74, 6) is 0.828. The van der Waals surface area contributed by atoms with Gasteiger partial charge in [-0.2, -0.15) is 0 Å². The molecule has 1 saturated carbocycles. The zero-order chi connectivity index (χ0) is 14.7. The van der Waals surface area contributed by atoms with Crippen LogP contribution in [0.2, 0.25) is 0 Å². The van der Waals surface area contributed by atoms with Gasteiger partial charge >= 0.3 is 0 Å². The number of rotatable bonds is 4. The molecule has 1 heterocycles. The third-order valence-corrected chi connectivity index (χ3v) is 5.48. The first-order valence-electron chi connectivity index (χ1n) is 8.80. The monoisotopic (exact) mass is 286 g/mol. The summed E-state index contributed by atoms with van der Waals surface area (Å²) in [7, 11) is 0. The lowest BCUT2D eigenvalue weighted by Crippen LogP contribution is -2.47. The van der Waals surface area contributed by atoms with Gasteiger partial charge in [-0.1, -0.05) is 42.7 Å². The lowest BCUT2D eigenvalue weighted by molar-refractivity contribution is 0.203. The predicted octanol–water partition coefficient (Wildman–Crippen LogP) is 3.96. The molecular weight excluding hydrogens is 256 g/mol. The largest absolute Gasteiger partial charge is 0.314 e. The highest BCUT2D eigenvalue weighted by Crippen LogP contribution is 2.32. The van der Waals surface area contributed by atoms with Crippen LogP contribution in [0.15, 0.2) is 24.3 Å². The van der Waals surface area contributed by atoms with Crippen molar-refractivity contribution >= 4 is 0 Å². The van der Waals surface area contributed by atoms with Crippen molar-refractivity contribution in [2.45, 2.75) is 70.5 Å². The summed E-state index contributed by atoms with van der Waals surface area (Å²) in [5.41, 5.74) is 2.76. The van der Waals surface area contributed by atoms with E-state index in [-0.39, 0.29) is 0 Å². The maximum absolute atomic E-state index is 3.94. The molecule has 1 saturated heterocycles. The van der Waals surface area contributed by atoms with Crippen LogP contribution in [0.1, 0.15) is 62.6 Å². The Morgan fingerprint density at radius 2 is 1.81 bits per heavy atom. The fraction of sp³-hybridized carbons (Fsp3) is 0.684. The zero-order valence-corrected chi connectivity index (χ0v) is 13.6. The summed E-state index contributed by atoms with van der Waals surface area (Å²) in [6.45, 7) is 5.70.